The quantitative estimate of drug-likeness (QED) is 0.526. The molecule has 0 aliphatic heterocycles. The Kier molecular flexibility index (Phi) is 5.29. The zero-order chi connectivity index (χ0) is 20.2. The normalized spacial score (nSPS) is 11.9. The molecule has 0 spiro atoms. The Morgan fingerprint density at radius 2 is 1.90 bits per heavy atom. The van der Waals surface area contributed by atoms with Crippen LogP contribution in [0.4, 0.5) is 0 Å². The van der Waals surface area contributed by atoms with Gasteiger partial charge >= 0.3 is 0 Å². The summed E-state index contributed by atoms with van der Waals surface area (Å²) in [5, 5.41) is 4.14. The number of ether oxygens (including phenoxy) is 1. The number of pyridine rings is 1. The third-order valence-electron chi connectivity index (χ3n) is 5.04. The van der Waals surface area contributed by atoms with Gasteiger partial charge in [-0.15, -0.1) is 0 Å². The summed E-state index contributed by atoms with van der Waals surface area (Å²) >= 11 is 0. The molecule has 0 radical (unpaired) electrons. The van der Waals surface area contributed by atoms with Crippen LogP contribution in [0, 0.1) is 0 Å². The molecule has 2 aromatic heterocycles. The van der Waals surface area contributed by atoms with Gasteiger partial charge in [-0.2, -0.15) is 0 Å². The van der Waals surface area contributed by atoms with E-state index in [4.69, 9.17) is 4.74 Å². The molecule has 29 heavy (non-hydrogen) atoms. The first-order chi connectivity index (χ1) is 14.1. The Bertz CT molecular complexity index is 1120. The summed E-state index contributed by atoms with van der Waals surface area (Å²) in [6, 6.07) is 21.5. The lowest BCUT2D eigenvalue weighted by molar-refractivity contribution is 0.0932. The Balaban J connectivity index is 1.40. The van der Waals surface area contributed by atoms with Crippen LogP contribution >= 0.6 is 0 Å². The molecule has 0 fully saturated rings. The molecule has 5 heteroatoms. The first-order valence-electron chi connectivity index (χ1n) is 9.59. The van der Waals surface area contributed by atoms with E-state index < -0.39 is 0 Å². The largest absolute Gasteiger partial charge is 0.489 e. The highest BCUT2D eigenvalue weighted by Crippen LogP contribution is 2.21. The third kappa shape index (κ3) is 4.14. The summed E-state index contributed by atoms with van der Waals surface area (Å²) < 4.78 is 7.72. The van der Waals surface area contributed by atoms with Crippen LogP contribution in [0.25, 0.3) is 10.9 Å². The van der Waals surface area contributed by atoms with E-state index in [1.165, 1.54) is 0 Å². The molecular formula is C24H23N3O2. The van der Waals surface area contributed by atoms with Gasteiger partial charge in [0.1, 0.15) is 18.1 Å². The van der Waals surface area contributed by atoms with Crippen molar-refractivity contribution in [1.29, 1.82) is 0 Å². The van der Waals surface area contributed by atoms with Gasteiger partial charge in [-0.3, -0.25) is 9.78 Å². The summed E-state index contributed by atoms with van der Waals surface area (Å²) in [7, 11) is 1.91. The van der Waals surface area contributed by atoms with Crippen LogP contribution in [-0.4, -0.2) is 15.5 Å². The molecule has 4 rings (SSSR count). The van der Waals surface area contributed by atoms with Gasteiger partial charge in [0, 0.05) is 35.9 Å². The molecule has 0 saturated heterocycles. The van der Waals surface area contributed by atoms with E-state index in [0.717, 1.165) is 27.8 Å². The lowest BCUT2D eigenvalue weighted by Gasteiger charge is -2.15. The number of carbonyl (C=O) groups is 1. The number of hydrogen-bond donors (Lipinski definition) is 1. The minimum atomic E-state index is -0.118. The van der Waals surface area contributed by atoms with Crippen LogP contribution in [0.15, 0.2) is 79.1 Å². The fraction of sp³-hybridized carbons (Fsp3) is 0.167. The summed E-state index contributed by atoms with van der Waals surface area (Å²) in [5.41, 5.74) is 3.73. The van der Waals surface area contributed by atoms with Crippen molar-refractivity contribution in [1.82, 2.24) is 14.9 Å². The fourth-order valence-corrected chi connectivity index (χ4v) is 3.36. The van der Waals surface area contributed by atoms with Crippen LogP contribution in [-0.2, 0) is 13.7 Å². The van der Waals surface area contributed by atoms with Gasteiger partial charge in [0.05, 0.1) is 6.04 Å². The van der Waals surface area contributed by atoms with Crippen LogP contribution < -0.4 is 10.1 Å². The SMILES string of the molecule is CC(NC(=O)c1cc2ccccc2n1C)c1ccc(OCc2cccnc2)cc1. The second kappa shape index (κ2) is 8.19. The minimum Gasteiger partial charge on any atom is -0.489 e. The van der Waals surface area contributed by atoms with Crippen molar-refractivity contribution in [2.45, 2.75) is 19.6 Å². The highest BCUT2D eigenvalue weighted by Gasteiger charge is 2.16. The summed E-state index contributed by atoms with van der Waals surface area (Å²) in [5.74, 6) is 0.693. The van der Waals surface area contributed by atoms with Gasteiger partial charge in [0.15, 0.2) is 0 Å². The number of rotatable bonds is 6. The van der Waals surface area contributed by atoms with Crippen molar-refractivity contribution >= 4 is 16.8 Å². The molecule has 1 atom stereocenters. The fourth-order valence-electron chi connectivity index (χ4n) is 3.36. The number of hydrogen-bond acceptors (Lipinski definition) is 3. The van der Waals surface area contributed by atoms with Gasteiger partial charge in [0.25, 0.3) is 5.91 Å². The molecule has 5 nitrogen and oxygen atoms in total. The average Bonchev–Trinajstić information content (AvgIpc) is 3.10. The van der Waals surface area contributed by atoms with E-state index in [9.17, 15) is 4.79 Å². The number of aryl methyl sites for hydroxylation is 1. The van der Waals surface area contributed by atoms with Crippen LogP contribution in [0.1, 0.15) is 34.6 Å². The second-order valence-electron chi connectivity index (χ2n) is 7.06. The number of nitrogens with zero attached hydrogens (tertiary/aromatic N) is 2. The summed E-state index contributed by atoms with van der Waals surface area (Å²) in [6.45, 7) is 2.45. The van der Waals surface area contributed by atoms with Gasteiger partial charge < -0.3 is 14.6 Å². The maximum absolute atomic E-state index is 12.8. The molecule has 2 heterocycles. The van der Waals surface area contributed by atoms with E-state index in [1.807, 2.05) is 85.3 Å². The Morgan fingerprint density at radius 3 is 2.62 bits per heavy atom. The van der Waals surface area contributed by atoms with Gasteiger partial charge in [0.2, 0.25) is 0 Å². The molecule has 0 saturated carbocycles. The predicted molar refractivity (Wildman–Crippen MR) is 114 cm³/mol. The van der Waals surface area contributed by atoms with E-state index in [0.29, 0.717) is 12.3 Å². The van der Waals surface area contributed by atoms with Crippen LogP contribution in [0.5, 0.6) is 5.75 Å². The predicted octanol–water partition coefficient (Wildman–Crippen LogP) is 4.64. The molecule has 1 N–H and O–H groups in total. The number of aromatic nitrogens is 2. The maximum atomic E-state index is 12.8. The average molecular weight is 385 g/mol. The van der Waals surface area contributed by atoms with Crippen LogP contribution in [0.3, 0.4) is 0 Å². The molecule has 146 valence electrons. The molecule has 2 aromatic carbocycles. The van der Waals surface area contributed by atoms with E-state index in [1.54, 1.807) is 12.4 Å². The van der Waals surface area contributed by atoms with Gasteiger partial charge in [-0.25, -0.2) is 0 Å². The van der Waals surface area contributed by atoms with Crippen molar-refractivity contribution in [2.75, 3.05) is 0 Å². The first-order valence-corrected chi connectivity index (χ1v) is 9.59. The summed E-state index contributed by atoms with van der Waals surface area (Å²) in [6.07, 6.45) is 3.53. The lowest BCUT2D eigenvalue weighted by atomic mass is 10.1. The highest BCUT2D eigenvalue weighted by molar-refractivity contribution is 5.98. The lowest BCUT2D eigenvalue weighted by Crippen LogP contribution is -2.28. The van der Waals surface area contributed by atoms with Crippen molar-refractivity contribution in [3.8, 4) is 5.75 Å². The molecule has 4 aromatic rings. The Morgan fingerprint density at radius 1 is 1.10 bits per heavy atom. The molecule has 1 amide bonds. The third-order valence-corrected chi connectivity index (χ3v) is 5.04. The molecule has 0 bridgehead atoms. The molecule has 1 unspecified atom stereocenters. The Labute approximate surface area is 170 Å². The topological polar surface area (TPSA) is 56.2 Å². The zero-order valence-corrected chi connectivity index (χ0v) is 16.5. The van der Waals surface area contributed by atoms with Crippen molar-refractivity contribution < 1.29 is 9.53 Å². The first kappa shape index (κ1) is 18.7. The molecular weight excluding hydrogens is 362 g/mol. The highest BCUT2D eigenvalue weighted by atomic mass is 16.5. The smallest absolute Gasteiger partial charge is 0.268 e. The molecule has 0 aliphatic rings. The maximum Gasteiger partial charge on any atom is 0.268 e. The number of amides is 1. The van der Waals surface area contributed by atoms with Crippen molar-refractivity contribution in [3.63, 3.8) is 0 Å². The van der Waals surface area contributed by atoms with E-state index in [-0.39, 0.29) is 11.9 Å². The standard InChI is InChI=1S/C24H23N3O2/c1-17(26-24(28)23-14-20-7-3-4-8-22(20)27(23)2)19-9-11-21(12-10-19)29-16-18-6-5-13-25-15-18/h3-15,17H,16H2,1-2H3,(H,26,28). The van der Waals surface area contributed by atoms with Gasteiger partial charge in [-0.05, 0) is 42.8 Å². The number of nitrogens with one attached hydrogen (secondary N) is 1. The number of para-hydroxylation sites is 1. The second-order valence-corrected chi connectivity index (χ2v) is 7.06. The monoisotopic (exact) mass is 385 g/mol. The van der Waals surface area contributed by atoms with Gasteiger partial charge in [-0.1, -0.05) is 36.4 Å². The number of fused-ring (bicyclic) bond motifs is 1. The zero-order valence-electron chi connectivity index (χ0n) is 16.5. The van der Waals surface area contributed by atoms with Crippen molar-refractivity contribution in [2.24, 2.45) is 7.05 Å². The van der Waals surface area contributed by atoms with E-state index in [2.05, 4.69) is 10.3 Å². The summed E-state index contributed by atoms with van der Waals surface area (Å²) in [4.78, 5) is 16.9. The van der Waals surface area contributed by atoms with Crippen molar-refractivity contribution in [3.05, 3.63) is 95.9 Å². The van der Waals surface area contributed by atoms with E-state index >= 15 is 0 Å². The molecule has 0 aliphatic carbocycles. The Hall–Kier alpha value is -3.60. The number of carbonyl (C=O) groups excluding carboxylic acids is 1. The number of benzene rings is 2. The van der Waals surface area contributed by atoms with Crippen LogP contribution in [0.2, 0.25) is 0 Å². The minimum absolute atomic E-state index is 0.0897.